The van der Waals surface area contributed by atoms with E-state index in [4.69, 9.17) is 0 Å². The third-order valence-corrected chi connectivity index (χ3v) is 6.96. The highest BCUT2D eigenvalue weighted by molar-refractivity contribution is 6.10. The van der Waals surface area contributed by atoms with E-state index in [0.29, 0.717) is 16.8 Å². The molecule has 2 atom stereocenters. The number of amides is 2. The van der Waals surface area contributed by atoms with Crippen molar-refractivity contribution in [3.8, 4) is 11.1 Å². The van der Waals surface area contributed by atoms with Gasteiger partial charge in [0.15, 0.2) is 0 Å². The zero-order valence-electron chi connectivity index (χ0n) is 20.2. The fourth-order valence-electron chi connectivity index (χ4n) is 4.79. The SMILES string of the molecule is Cc1ccc(-c2ccccc2C(=O)Nc2ccc(C(=O)N3c4ccccc4C(C)C3C)cc2)cc1. The maximum atomic E-state index is 13.4. The molecule has 0 bridgehead atoms. The average Bonchev–Trinajstić information content (AvgIpc) is 3.14. The summed E-state index contributed by atoms with van der Waals surface area (Å²) in [5.74, 6) is 0.0652. The second-order valence-electron chi connectivity index (χ2n) is 9.21. The van der Waals surface area contributed by atoms with Gasteiger partial charge in [-0.05, 0) is 66.9 Å². The molecule has 1 N–H and O–H groups in total. The van der Waals surface area contributed by atoms with Crippen molar-refractivity contribution in [3.05, 3.63) is 119 Å². The fourth-order valence-corrected chi connectivity index (χ4v) is 4.79. The van der Waals surface area contributed by atoms with Crippen molar-refractivity contribution in [2.24, 2.45) is 0 Å². The molecule has 0 aliphatic carbocycles. The number of aryl methyl sites for hydroxylation is 1. The van der Waals surface area contributed by atoms with Gasteiger partial charge in [-0.25, -0.2) is 0 Å². The molecule has 0 saturated carbocycles. The summed E-state index contributed by atoms with van der Waals surface area (Å²) in [4.78, 5) is 28.4. The van der Waals surface area contributed by atoms with Crippen LogP contribution in [0.1, 0.15) is 51.6 Å². The van der Waals surface area contributed by atoms with E-state index < -0.39 is 0 Å². The number of hydrogen-bond acceptors (Lipinski definition) is 2. The Morgan fingerprint density at radius 1 is 0.771 bits per heavy atom. The van der Waals surface area contributed by atoms with Gasteiger partial charge in [0.25, 0.3) is 11.8 Å². The molecule has 4 heteroatoms. The number of carbonyl (C=O) groups is 2. The lowest BCUT2D eigenvalue weighted by Crippen LogP contribution is -2.36. The first-order valence-electron chi connectivity index (χ1n) is 11.9. The van der Waals surface area contributed by atoms with Crippen LogP contribution < -0.4 is 10.2 Å². The van der Waals surface area contributed by atoms with Crippen molar-refractivity contribution in [2.75, 3.05) is 10.2 Å². The van der Waals surface area contributed by atoms with E-state index in [1.54, 1.807) is 24.3 Å². The molecule has 5 rings (SSSR count). The Labute approximate surface area is 206 Å². The summed E-state index contributed by atoms with van der Waals surface area (Å²) in [6.07, 6.45) is 0. The number of benzene rings is 4. The molecule has 4 nitrogen and oxygen atoms in total. The lowest BCUT2D eigenvalue weighted by atomic mass is 9.98. The number of hydrogen-bond donors (Lipinski definition) is 1. The van der Waals surface area contributed by atoms with Crippen molar-refractivity contribution in [2.45, 2.75) is 32.7 Å². The predicted molar refractivity (Wildman–Crippen MR) is 142 cm³/mol. The first-order valence-corrected chi connectivity index (χ1v) is 11.9. The molecule has 2 unspecified atom stereocenters. The molecule has 4 aromatic carbocycles. The van der Waals surface area contributed by atoms with Crippen LogP contribution in [0.15, 0.2) is 97.1 Å². The maximum Gasteiger partial charge on any atom is 0.258 e. The van der Waals surface area contributed by atoms with Gasteiger partial charge in [-0.15, -0.1) is 0 Å². The molecule has 2 amide bonds. The topological polar surface area (TPSA) is 49.4 Å². The predicted octanol–water partition coefficient (Wildman–Crippen LogP) is 7.07. The van der Waals surface area contributed by atoms with E-state index in [9.17, 15) is 9.59 Å². The standard InChI is InChI=1S/C31H28N2O2/c1-20-12-14-23(15-13-20)27-9-4-5-10-28(27)30(34)32-25-18-16-24(17-19-25)31(35)33-22(3)21(2)26-8-6-7-11-29(26)33/h4-19,21-22H,1-3H3,(H,32,34). The fraction of sp³-hybridized carbons (Fsp3) is 0.161. The Kier molecular flexibility index (Phi) is 5.96. The van der Waals surface area contributed by atoms with E-state index in [-0.39, 0.29) is 23.8 Å². The third-order valence-electron chi connectivity index (χ3n) is 6.96. The number of anilines is 2. The highest BCUT2D eigenvalue weighted by atomic mass is 16.2. The zero-order chi connectivity index (χ0) is 24.5. The molecule has 0 spiro atoms. The van der Waals surface area contributed by atoms with Crippen LogP contribution >= 0.6 is 0 Å². The molecule has 0 fully saturated rings. The van der Waals surface area contributed by atoms with Crippen LogP contribution in [0.5, 0.6) is 0 Å². The molecule has 1 heterocycles. The van der Waals surface area contributed by atoms with Gasteiger partial charge < -0.3 is 10.2 Å². The van der Waals surface area contributed by atoms with Gasteiger partial charge in [-0.2, -0.15) is 0 Å². The van der Waals surface area contributed by atoms with Crippen molar-refractivity contribution < 1.29 is 9.59 Å². The molecule has 1 aliphatic heterocycles. The number of rotatable bonds is 4. The molecule has 35 heavy (non-hydrogen) atoms. The smallest absolute Gasteiger partial charge is 0.258 e. The summed E-state index contributed by atoms with van der Waals surface area (Å²) in [5, 5.41) is 2.98. The highest BCUT2D eigenvalue weighted by Gasteiger charge is 2.36. The quantitative estimate of drug-likeness (QED) is 0.354. The Morgan fingerprint density at radius 2 is 1.43 bits per heavy atom. The van der Waals surface area contributed by atoms with Crippen LogP contribution in [0.4, 0.5) is 11.4 Å². The van der Waals surface area contributed by atoms with Crippen molar-refractivity contribution >= 4 is 23.2 Å². The Bertz CT molecular complexity index is 1390. The Balaban J connectivity index is 1.35. The van der Waals surface area contributed by atoms with Crippen LogP contribution in [0.3, 0.4) is 0 Å². The lowest BCUT2D eigenvalue weighted by Gasteiger charge is -2.24. The molecule has 4 aromatic rings. The molecule has 0 saturated heterocycles. The van der Waals surface area contributed by atoms with Crippen molar-refractivity contribution in [3.63, 3.8) is 0 Å². The summed E-state index contributed by atoms with van der Waals surface area (Å²) < 4.78 is 0. The van der Waals surface area contributed by atoms with Gasteiger partial charge in [-0.3, -0.25) is 9.59 Å². The van der Waals surface area contributed by atoms with Crippen LogP contribution in [-0.4, -0.2) is 17.9 Å². The summed E-state index contributed by atoms with van der Waals surface area (Å²) in [6.45, 7) is 6.28. The third kappa shape index (κ3) is 4.24. The Hall–Kier alpha value is -4.18. The Morgan fingerprint density at radius 3 is 2.17 bits per heavy atom. The number of para-hydroxylation sites is 1. The second-order valence-corrected chi connectivity index (χ2v) is 9.21. The molecule has 0 radical (unpaired) electrons. The van der Waals surface area contributed by atoms with Crippen LogP contribution in [0.2, 0.25) is 0 Å². The van der Waals surface area contributed by atoms with Gasteiger partial charge in [0.1, 0.15) is 0 Å². The van der Waals surface area contributed by atoms with Crippen LogP contribution in [0.25, 0.3) is 11.1 Å². The molecule has 174 valence electrons. The zero-order valence-corrected chi connectivity index (χ0v) is 20.2. The second kappa shape index (κ2) is 9.22. The summed E-state index contributed by atoms with van der Waals surface area (Å²) >= 11 is 0. The van der Waals surface area contributed by atoms with E-state index >= 15 is 0 Å². The highest BCUT2D eigenvalue weighted by Crippen LogP contribution is 2.41. The van der Waals surface area contributed by atoms with E-state index in [0.717, 1.165) is 16.8 Å². The van der Waals surface area contributed by atoms with E-state index in [1.165, 1.54) is 11.1 Å². The monoisotopic (exact) mass is 460 g/mol. The first-order chi connectivity index (χ1) is 16.9. The molecular formula is C31H28N2O2. The van der Waals surface area contributed by atoms with Crippen molar-refractivity contribution in [1.82, 2.24) is 0 Å². The van der Waals surface area contributed by atoms with Gasteiger partial charge in [0.2, 0.25) is 0 Å². The summed E-state index contributed by atoms with van der Waals surface area (Å²) in [6, 6.07) is 31.0. The van der Waals surface area contributed by atoms with Crippen LogP contribution in [0, 0.1) is 6.92 Å². The van der Waals surface area contributed by atoms with Crippen LogP contribution in [-0.2, 0) is 0 Å². The van der Waals surface area contributed by atoms with E-state index in [2.05, 4.69) is 25.2 Å². The van der Waals surface area contributed by atoms with Gasteiger partial charge in [-0.1, -0.05) is 73.2 Å². The average molecular weight is 461 g/mol. The van der Waals surface area contributed by atoms with Gasteiger partial charge in [0.05, 0.1) is 0 Å². The minimum atomic E-state index is -0.184. The normalized spacial score (nSPS) is 16.6. The maximum absolute atomic E-state index is 13.4. The number of carbonyl (C=O) groups excluding carboxylic acids is 2. The molecule has 0 aromatic heterocycles. The molecule has 1 aliphatic rings. The minimum Gasteiger partial charge on any atom is -0.322 e. The summed E-state index contributed by atoms with van der Waals surface area (Å²) in [7, 11) is 0. The lowest BCUT2D eigenvalue weighted by molar-refractivity contribution is 0.0978. The number of nitrogens with one attached hydrogen (secondary N) is 1. The number of fused-ring (bicyclic) bond motifs is 1. The van der Waals surface area contributed by atoms with Gasteiger partial charge >= 0.3 is 0 Å². The van der Waals surface area contributed by atoms with Gasteiger partial charge in [0, 0.05) is 34.5 Å². The number of nitrogens with zero attached hydrogens (tertiary/aromatic N) is 1. The van der Waals surface area contributed by atoms with E-state index in [1.807, 2.05) is 78.6 Å². The molecular weight excluding hydrogens is 432 g/mol. The first kappa shape index (κ1) is 22.6. The summed E-state index contributed by atoms with van der Waals surface area (Å²) in [5.41, 5.74) is 7.07. The minimum absolute atomic E-state index is 0.0307. The largest absolute Gasteiger partial charge is 0.322 e. The van der Waals surface area contributed by atoms with Crippen molar-refractivity contribution in [1.29, 1.82) is 0 Å².